The summed E-state index contributed by atoms with van der Waals surface area (Å²) in [6, 6.07) is 9.95. The molecule has 0 aliphatic heterocycles. The monoisotopic (exact) mass is 271 g/mol. The smallest absolute Gasteiger partial charge is 0.227 e. The van der Waals surface area contributed by atoms with Crippen LogP contribution in [0.4, 0.5) is 0 Å². The zero-order valence-electron chi connectivity index (χ0n) is 11.8. The lowest BCUT2D eigenvalue weighted by atomic mass is 9.96. The van der Waals surface area contributed by atoms with Gasteiger partial charge in [-0.25, -0.2) is 4.98 Å². The summed E-state index contributed by atoms with van der Waals surface area (Å²) in [6.45, 7) is 3.62. The van der Waals surface area contributed by atoms with Crippen LogP contribution in [0, 0.1) is 0 Å². The van der Waals surface area contributed by atoms with Gasteiger partial charge >= 0.3 is 0 Å². The minimum Gasteiger partial charge on any atom is -0.356 e. The van der Waals surface area contributed by atoms with E-state index in [1.54, 1.807) is 12.5 Å². The molecule has 0 aliphatic carbocycles. The molecule has 1 N–H and O–H groups in total. The summed E-state index contributed by atoms with van der Waals surface area (Å²) in [4.78, 5) is 16.2. The predicted molar refractivity (Wildman–Crippen MR) is 79.3 cm³/mol. The lowest BCUT2D eigenvalue weighted by molar-refractivity contribution is -0.122. The Labute approximate surface area is 119 Å². The molecule has 0 bridgehead atoms. The number of carbonyl (C=O) groups is 1. The van der Waals surface area contributed by atoms with Crippen molar-refractivity contribution in [2.24, 2.45) is 0 Å². The zero-order chi connectivity index (χ0) is 14.2. The van der Waals surface area contributed by atoms with E-state index in [0.717, 1.165) is 24.9 Å². The average molecular weight is 271 g/mol. The number of amides is 1. The van der Waals surface area contributed by atoms with E-state index < -0.39 is 0 Å². The molecule has 0 radical (unpaired) electrons. The van der Waals surface area contributed by atoms with E-state index in [1.165, 1.54) is 0 Å². The number of carbonyl (C=O) groups excluding carboxylic acids is 1. The van der Waals surface area contributed by atoms with Crippen LogP contribution in [0.5, 0.6) is 0 Å². The average Bonchev–Trinajstić information content (AvgIpc) is 2.99. The molecule has 0 unspecified atom stereocenters. The maximum Gasteiger partial charge on any atom is 0.227 e. The third kappa shape index (κ3) is 3.95. The molecule has 0 saturated carbocycles. The van der Waals surface area contributed by atoms with Gasteiger partial charge in [0, 0.05) is 25.5 Å². The van der Waals surface area contributed by atoms with Crippen LogP contribution in [0.3, 0.4) is 0 Å². The van der Waals surface area contributed by atoms with Gasteiger partial charge in [-0.05, 0) is 18.4 Å². The van der Waals surface area contributed by atoms with Gasteiger partial charge in [0.25, 0.3) is 0 Å². The van der Waals surface area contributed by atoms with Gasteiger partial charge in [0.2, 0.25) is 5.91 Å². The summed E-state index contributed by atoms with van der Waals surface area (Å²) in [5.74, 6) is 0.0637. The van der Waals surface area contributed by atoms with Crippen LogP contribution in [0.1, 0.15) is 31.2 Å². The van der Waals surface area contributed by atoms with Crippen molar-refractivity contribution < 1.29 is 4.79 Å². The third-order valence-electron chi connectivity index (χ3n) is 3.38. The highest BCUT2D eigenvalue weighted by atomic mass is 16.1. The van der Waals surface area contributed by atoms with Gasteiger partial charge in [0.1, 0.15) is 0 Å². The standard InChI is InChI=1S/C16H21N3O/c1-2-15(14-7-4-3-5-8-14)16(20)18-9-6-11-19-12-10-17-13-19/h3-5,7-8,10,12-13,15H,2,6,9,11H2,1H3,(H,18,20)/t15-/m1/s1. The summed E-state index contributed by atoms with van der Waals surface area (Å²) in [5.41, 5.74) is 1.09. The highest BCUT2D eigenvalue weighted by Gasteiger charge is 2.17. The van der Waals surface area contributed by atoms with Crippen LogP contribution in [0.25, 0.3) is 0 Å². The van der Waals surface area contributed by atoms with Gasteiger partial charge in [-0.2, -0.15) is 0 Å². The van der Waals surface area contributed by atoms with E-state index in [9.17, 15) is 4.79 Å². The van der Waals surface area contributed by atoms with Crippen LogP contribution in [0.15, 0.2) is 49.1 Å². The van der Waals surface area contributed by atoms with Crippen molar-refractivity contribution in [1.29, 1.82) is 0 Å². The first-order valence-electron chi connectivity index (χ1n) is 7.09. The lowest BCUT2D eigenvalue weighted by Crippen LogP contribution is -2.30. The fourth-order valence-corrected chi connectivity index (χ4v) is 2.27. The molecule has 0 aliphatic rings. The van der Waals surface area contributed by atoms with Crippen molar-refractivity contribution in [3.05, 3.63) is 54.6 Å². The Hall–Kier alpha value is -2.10. The van der Waals surface area contributed by atoms with Gasteiger partial charge in [0.15, 0.2) is 0 Å². The largest absolute Gasteiger partial charge is 0.356 e. The highest BCUT2D eigenvalue weighted by Crippen LogP contribution is 2.18. The van der Waals surface area contributed by atoms with Crippen LogP contribution >= 0.6 is 0 Å². The molecule has 20 heavy (non-hydrogen) atoms. The molecule has 2 aromatic rings. The Bertz CT molecular complexity index is 508. The minimum absolute atomic E-state index is 0.0514. The van der Waals surface area contributed by atoms with Crippen LogP contribution in [0.2, 0.25) is 0 Å². The summed E-state index contributed by atoms with van der Waals surface area (Å²) >= 11 is 0. The fraction of sp³-hybridized carbons (Fsp3) is 0.375. The molecule has 1 aromatic heterocycles. The normalized spacial score (nSPS) is 12.1. The van der Waals surface area contributed by atoms with Crippen LogP contribution < -0.4 is 5.32 Å². The van der Waals surface area contributed by atoms with E-state index in [0.29, 0.717) is 6.54 Å². The highest BCUT2D eigenvalue weighted by molar-refractivity contribution is 5.83. The van der Waals surface area contributed by atoms with Crippen molar-refractivity contribution in [2.45, 2.75) is 32.2 Å². The molecule has 0 saturated heterocycles. The van der Waals surface area contributed by atoms with Gasteiger partial charge in [-0.15, -0.1) is 0 Å². The van der Waals surface area contributed by atoms with E-state index in [4.69, 9.17) is 0 Å². The SMILES string of the molecule is CC[C@@H](C(=O)NCCCn1ccnc1)c1ccccc1. The second-order valence-corrected chi connectivity index (χ2v) is 4.82. The van der Waals surface area contributed by atoms with Crippen LogP contribution in [-0.2, 0) is 11.3 Å². The van der Waals surface area contributed by atoms with Crippen molar-refractivity contribution >= 4 is 5.91 Å². The topological polar surface area (TPSA) is 46.9 Å². The van der Waals surface area contributed by atoms with Crippen molar-refractivity contribution in [2.75, 3.05) is 6.54 Å². The first kappa shape index (κ1) is 14.3. The van der Waals surface area contributed by atoms with Crippen molar-refractivity contribution in [3.8, 4) is 0 Å². The first-order valence-corrected chi connectivity index (χ1v) is 7.09. The number of aromatic nitrogens is 2. The molecule has 0 fully saturated rings. The molecule has 4 nitrogen and oxygen atoms in total. The maximum absolute atomic E-state index is 12.2. The number of benzene rings is 1. The van der Waals surface area contributed by atoms with Gasteiger partial charge < -0.3 is 9.88 Å². The number of imidazole rings is 1. The Kier molecular flexibility index (Phi) is 5.35. The van der Waals surface area contributed by atoms with E-state index >= 15 is 0 Å². The molecule has 2 rings (SSSR count). The number of aryl methyl sites for hydroxylation is 1. The zero-order valence-corrected chi connectivity index (χ0v) is 11.8. The molecule has 106 valence electrons. The second kappa shape index (κ2) is 7.48. The Morgan fingerprint density at radius 3 is 2.80 bits per heavy atom. The summed E-state index contributed by atoms with van der Waals surface area (Å²) in [7, 11) is 0. The summed E-state index contributed by atoms with van der Waals surface area (Å²) < 4.78 is 2.01. The van der Waals surface area contributed by atoms with Gasteiger partial charge in [-0.1, -0.05) is 37.3 Å². The molecule has 1 atom stereocenters. The van der Waals surface area contributed by atoms with E-state index in [1.807, 2.05) is 48.0 Å². The lowest BCUT2D eigenvalue weighted by Gasteiger charge is -2.15. The molecule has 4 heteroatoms. The first-order chi connectivity index (χ1) is 9.81. The molecule has 0 spiro atoms. The minimum atomic E-state index is -0.0514. The van der Waals surface area contributed by atoms with Crippen LogP contribution in [-0.4, -0.2) is 22.0 Å². The number of rotatable bonds is 7. The summed E-state index contributed by atoms with van der Waals surface area (Å²) in [5, 5.41) is 3.02. The quantitative estimate of drug-likeness (QED) is 0.787. The Morgan fingerprint density at radius 2 is 2.15 bits per heavy atom. The molecule has 1 aromatic carbocycles. The second-order valence-electron chi connectivity index (χ2n) is 4.82. The van der Waals surface area contributed by atoms with E-state index in [2.05, 4.69) is 10.3 Å². The number of hydrogen-bond acceptors (Lipinski definition) is 2. The predicted octanol–water partition coefficient (Wildman–Crippen LogP) is 2.58. The Balaban J connectivity index is 1.78. The van der Waals surface area contributed by atoms with Crippen molar-refractivity contribution in [1.82, 2.24) is 14.9 Å². The van der Waals surface area contributed by atoms with Crippen molar-refractivity contribution in [3.63, 3.8) is 0 Å². The third-order valence-corrected chi connectivity index (χ3v) is 3.38. The van der Waals surface area contributed by atoms with E-state index in [-0.39, 0.29) is 11.8 Å². The Morgan fingerprint density at radius 1 is 1.35 bits per heavy atom. The number of nitrogens with zero attached hydrogens (tertiary/aromatic N) is 2. The summed E-state index contributed by atoms with van der Waals surface area (Å²) in [6.07, 6.45) is 7.22. The number of hydrogen-bond donors (Lipinski definition) is 1. The molecule has 1 amide bonds. The molecular formula is C16H21N3O. The van der Waals surface area contributed by atoms with Gasteiger partial charge in [-0.3, -0.25) is 4.79 Å². The fourth-order valence-electron chi connectivity index (χ4n) is 2.27. The molecular weight excluding hydrogens is 250 g/mol. The van der Waals surface area contributed by atoms with Gasteiger partial charge in [0.05, 0.1) is 12.2 Å². The maximum atomic E-state index is 12.2. The number of nitrogens with one attached hydrogen (secondary N) is 1. The molecule has 1 heterocycles.